The second-order valence-electron chi connectivity index (χ2n) is 6.05. The molecule has 27 heavy (non-hydrogen) atoms. The summed E-state index contributed by atoms with van der Waals surface area (Å²) in [5.74, 6) is -2.12. The summed E-state index contributed by atoms with van der Waals surface area (Å²) in [5, 5.41) is 0. The van der Waals surface area contributed by atoms with Crippen molar-refractivity contribution in [3.63, 3.8) is 0 Å². The Bertz CT molecular complexity index is 859. The summed E-state index contributed by atoms with van der Waals surface area (Å²) in [6, 6.07) is 15.5. The molecule has 0 atom stereocenters. The third-order valence-corrected chi connectivity index (χ3v) is 4.29. The van der Waals surface area contributed by atoms with Crippen LogP contribution in [0.15, 0.2) is 54.6 Å². The second kappa shape index (κ2) is 7.82. The quantitative estimate of drug-likeness (QED) is 0.571. The maximum absolute atomic E-state index is 12.8. The van der Waals surface area contributed by atoms with Gasteiger partial charge in [-0.1, -0.05) is 42.5 Å². The zero-order valence-corrected chi connectivity index (χ0v) is 14.8. The highest BCUT2D eigenvalue weighted by Crippen LogP contribution is 2.22. The molecule has 1 heterocycles. The number of hydrogen-bond acceptors (Lipinski definition) is 5. The first-order valence-corrected chi connectivity index (χ1v) is 8.35. The molecule has 0 spiro atoms. The van der Waals surface area contributed by atoms with Gasteiger partial charge in [0.1, 0.15) is 13.1 Å². The van der Waals surface area contributed by atoms with Gasteiger partial charge in [0.15, 0.2) is 0 Å². The number of carbonyl (C=O) groups excluding carboxylic acids is 4. The van der Waals surface area contributed by atoms with Crippen molar-refractivity contribution in [2.24, 2.45) is 0 Å². The average molecular weight is 366 g/mol. The second-order valence-corrected chi connectivity index (χ2v) is 6.05. The zero-order chi connectivity index (χ0) is 19.4. The Morgan fingerprint density at radius 1 is 0.926 bits per heavy atom. The number of amides is 3. The molecule has 1 aliphatic rings. The molecule has 2 aromatic rings. The molecule has 0 fully saturated rings. The SMILES string of the molecule is COC(=O)CN(Cc1ccccc1)C(=O)CN1C(=O)c2ccccc2C1=O. The van der Waals surface area contributed by atoms with E-state index in [1.54, 1.807) is 24.3 Å². The minimum Gasteiger partial charge on any atom is -0.468 e. The predicted molar refractivity (Wildman–Crippen MR) is 95.7 cm³/mol. The minimum atomic E-state index is -0.582. The molecule has 3 amide bonds. The van der Waals surface area contributed by atoms with E-state index in [9.17, 15) is 19.2 Å². The van der Waals surface area contributed by atoms with Gasteiger partial charge in [0, 0.05) is 6.54 Å². The number of benzene rings is 2. The molecule has 0 bridgehead atoms. The lowest BCUT2D eigenvalue weighted by molar-refractivity contribution is -0.147. The van der Waals surface area contributed by atoms with Crippen molar-refractivity contribution in [2.75, 3.05) is 20.2 Å². The fraction of sp³-hybridized carbons (Fsp3) is 0.200. The van der Waals surface area contributed by atoms with Gasteiger partial charge < -0.3 is 9.64 Å². The van der Waals surface area contributed by atoms with Crippen LogP contribution in [0.4, 0.5) is 0 Å². The fourth-order valence-electron chi connectivity index (χ4n) is 2.87. The van der Waals surface area contributed by atoms with Crippen LogP contribution in [0.5, 0.6) is 0 Å². The molecule has 0 aromatic heterocycles. The lowest BCUT2D eigenvalue weighted by Gasteiger charge is -2.24. The Morgan fingerprint density at radius 3 is 2.04 bits per heavy atom. The molecular weight excluding hydrogens is 348 g/mol. The van der Waals surface area contributed by atoms with E-state index in [0.29, 0.717) is 0 Å². The number of fused-ring (bicyclic) bond motifs is 1. The summed E-state index contributed by atoms with van der Waals surface area (Å²) in [6.07, 6.45) is 0. The molecule has 0 saturated heterocycles. The lowest BCUT2D eigenvalue weighted by Crippen LogP contribution is -2.44. The molecule has 138 valence electrons. The molecule has 0 unspecified atom stereocenters. The monoisotopic (exact) mass is 366 g/mol. The van der Waals surface area contributed by atoms with Crippen LogP contribution in [-0.2, 0) is 20.9 Å². The third-order valence-electron chi connectivity index (χ3n) is 4.29. The number of methoxy groups -OCH3 is 1. The largest absolute Gasteiger partial charge is 0.468 e. The van der Waals surface area contributed by atoms with E-state index >= 15 is 0 Å². The number of nitrogens with zero attached hydrogens (tertiary/aromatic N) is 2. The first kappa shape index (κ1) is 18.3. The molecule has 0 N–H and O–H groups in total. The van der Waals surface area contributed by atoms with Crippen LogP contribution >= 0.6 is 0 Å². The average Bonchev–Trinajstić information content (AvgIpc) is 2.93. The van der Waals surface area contributed by atoms with Gasteiger partial charge in [-0.05, 0) is 17.7 Å². The van der Waals surface area contributed by atoms with Gasteiger partial charge in [-0.15, -0.1) is 0 Å². The van der Waals surface area contributed by atoms with Crippen molar-refractivity contribution in [2.45, 2.75) is 6.54 Å². The molecule has 1 aliphatic heterocycles. The van der Waals surface area contributed by atoms with Crippen LogP contribution in [0.1, 0.15) is 26.3 Å². The highest BCUT2D eigenvalue weighted by Gasteiger charge is 2.37. The molecule has 7 nitrogen and oxygen atoms in total. The Labute approximate surface area is 156 Å². The Balaban J connectivity index is 1.77. The smallest absolute Gasteiger partial charge is 0.325 e. The van der Waals surface area contributed by atoms with Crippen LogP contribution in [0.2, 0.25) is 0 Å². The van der Waals surface area contributed by atoms with Crippen molar-refractivity contribution in [1.29, 1.82) is 0 Å². The molecule has 0 aliphatic carbocycles. The normalized spacial score (nSPS) is 12.7. The predicted octanol–water partition coefficient (Wildman–Crippen LogP) is 1.48. The topological polar surface area (TPSA) is 84.0 Å². The highest BCUT2D eigenvalue weighted by atomic mass is 16.5. The summed E-state index contributed by atoms with van der Waals surface area (Å²) in [6.45, 7) is -0.540. The number of esters is 1. The van der Waals surface area contributed by atoms with Gasteiger partial charge in [-0.25, -0.2) is 0 Å². The third kappa shape index (κ3) is 3.87. The first-order chi connectivity index (χ1) is 13.0. The van der Waals surface area contributed by atoms with E-state index in [4.69, 9.17) is 0 Å². The van der Waals surface area contributed by atoms with E-state index < -0.39 is 30.2 Å². The van der Waals surface area contributed by atoms with Gasteiger partial charge in [-0.3, -0.25) is 24.1 Å². The molecule has 7 heteroatoms. The van der Waals surface area contributed by atoms with Crippen molar-refractivity contribution in [3.8, 4) is 0 Å². The van der Waals surface area contributed by atoms with E-state index in [0.717, 1.165) is 10.5 Å². The molecule has 0 radical (unpaired) electrons. The van der Waals surface area contributed by atoms with Crippen molar-refractivity contribution in [3.05, 3.63) is 71.3 Å². The van der Waals surface area contributed by atoms with Gasteiger partial charge in [0.25, 0.3) is 11.8 Å². The van der Waals surface area contributed by atoms with Crippen LogP contribution in [0, 0.1) is 0 Å². The zero-order valence-electron chi connectivity index (χ0n) is 14.8. The molecule has 3 rings (SSSR count). The van der Waals surface area contributed by atoms with Crippen LogP contribution in [-0.4, -0.2) is 53.7 Å². The van der Waals surface area contributed by atoms with Gasteiger partial charge in [0.2, 0.25) is 5.91 Å². The summed E-state index contributed by atoms with van der Waals surface area (Å²) in [7, 11) is 1.23. The lowest BCUT2D eigenvalue weighted by atomic mass is 10.1. The Kier molecular flexibility index (Phi) is 5.30. The van der Waals surface area contributed by atoms with Crippen molar-refractivity contribution >= 4 is 23.7 Å². The molecular formula is C20H18N2O5. The Morgan fingerprint density at radius 2 is 1.48 bits per heavy atom. The number of carbonyl (C=O) groups is 4. The van der Waals surface area contributed by atoms with E-state index in [-0.39, 0.29) is 24.2 Å². The minimum absolute atomic E-state index is 0.165. The van der Waals surface area contributed by atoms with Crippen LogP contribution in [0.3, 0.4) is 0 Å². The molecule has 2 aromatic carbocycles. The summed E-state index contributed by atoms with van der Waals surface area (Å²) < 4.78 is 4.65. The van der Waals surface area contributed by atoms with Gasteiger partial charge in [0.05, 0.1) is 18.2 Å². The number of imide groups is 1. The van der Waals surface area contributed by atoms with E-state index in [1.807, 2.05) is 30.3 Å². The highest BCUT2D eigenvalue weighted by molar-refractivity contribution is 6.22. The number of ether oxygens (including phenoxy) is 1. The van der Waals surface area contributed by atoms with Crippen LogP contribution < -0.4 is 0 Å². The molecule has 0 saturated carbocycles. The van der Waals surface area contributed by atoms with Crippen LogP contribution in [0.25, 0.3) is 0 Å². The van der Waals surface area contributed by atoms with Gasteiger partial charge >= 0.3 is 5.97 Å². The van der Waals surface area contributed by atoms with Crippen molar-refractivity contribution in [1.82, 2.24) is 9.80 Å². The number of rotatable bonds is 6. The summed E-state index contributed by atoms with van der Waals surface area (Å²) in [5.41, 5.74) is 1.37. The fourth-order valence-corrected chi connectivity index (χ4v) is 2.87. The van der Waals surface area contributed by atoms with E-state index in [2.05, 4.69) is 4.74 Å². The summed E-state index contributed by atoms with van der Waals surface area (Å²) in [4.78, 5) is 51.5. The summed E-state index contributed by atoms with van der Waals surface area (Å²) >= 11 is 0. The maximum atomic E-state index is 12.8. The standard InChI is InChI=1S/C20H18N2O5/c1-27-18(24)13-21(11-14-7-3-2-4-8-14)17(23)12-22-19(25)15-9-5-6-10-16(15)20(22)26/h2-10H,11-13H2,1H3. The van der Waals surface area contributed by atoms with Crippen molar-refractivity contribution < 1.29 is 23.9 Å². The maximum Gasteiger partial charge on any atom is 0.325 e. The Hall–Kier alpha value is -3.48. The first-order valence-electron chi connectivity index (χ1n) is 8.35. The van der Waals surface area contributed by atoms with E-state index in [1.165, 1.54) is 12.0 Å². The van der Waals surface area contributed by atoms with Gasteiger partial charge in [-0.2, -0.15) is 0 Å². The number of hydrogen-bond donors (Lipinski definition) is 0.